The Morgan fingerprint density at radius 2 is 2.06 bits per heavy atom. The number of nitriles is 1. The number of alkyl halides is 3. The van der Waals surface area contributed by atoms with Crippen molar-refractivity contribution in [3.05, 3.63) is 28.8 Å². The number of hydrogen-bond donors (Lipinski definition) is 1. The zero-order valence-corrected chi connectivity index (χ0v) is 9.57. The number of rotatable bonds is 4. The third-order valence-electron chi connectivity index (χ3n) is 2.05. The van der Waals surface area contributed by atoms with Crippen LogP contribution in [0.15, 0.2) is 18.2 Å². The van der Waals surface area contributed by atoms with Gasteiger partial charge in [0, 0.05) is 18.0 Å². The fraction of sp³-hybridized carbons (Fsp3) is 0.364. The van der Waals surface area contributed by atoms with Gasteiger partial charge in [-0.15, -0.1) is 0 Å². The Labute approximate surface area is 102 Å². The van der Waals surface area contributed by atoms with Crippen LogP contribution in [0.25, 0.3) is 0 Å². The highest BCUT2D eigenvalue weighted by Gasteiger charge is 2.25. The molecule has 0 amide bonds. The predicted molar refractivity (Wildman–Crippen MR) is 59.9 cm³/mol. The molecule has 17 heavy (non-hydrogen) atoms. The van der Waals surface area contributed by atoms with E-state index in [1.54, 1.807) is 12.1 Å². The second-order valence-corrected chi connectivity index (χ2v) is 3.88. The van der Waals surface area contributed by atoms with Crippen LogP contribution in [0.5, 0.6) is 0 Å². The molecule has 1 aromatic rings. The number of halogens is 4. The van der Waals surface area contributed by atoms with Crippen molar-refractivity contribution >= 4 is 17.3 Å². The van der Waals surface area contributed by atoms with E-state index < -0.39 is 12.6 Å². The molecule has 2 nitrogen and oxygen atoms in total. The molecule has 0 atom stereocenters. The first-order valence-electron chi connectivity index (χ1n) is 4.92. The molecule has 0 unspecified atom stereocenters. The normalized spacial score (nSPS) is 11.0. The Morgan fingerprint density at radius 1 is 1.35 bits per heavy atom. The lowest BCUT2D eigenvalue weighted by Crippen LogP contribution is -2.11. The van der Waals surface area contributed by atoms with Crippen molar-refractivity contribution in [2.75, 3.05) is 11.9 Å². The first kappa shape index (κ1) is 13.7. The van der Waals surface area contributed by atoms with Crippen LogP contribution < -0.4 is 5.32 Å². The van der Waals surface area contributed by atoms with Crippen molar-refractivity contribution in [2.24, 2.45) is 0 Å². The summed E-state index contributed by atoms with van der Waals surface area (Å²) in [5.74, 6) is 0. The highest BCUT2D eigenvalue weighted by Crippen LogP contribution is 2.22. The Morgan fingerprint density at radius 3 is 2.65 bits per heavy atom. The molecule has 0 saturated carbocycles. The lowest BCUT2D eigenvalue weighted by molar-refractivity contribution is -0.134. The van der Waals surface area contributed by atoms with Crippen LogP contribution in [0.1, 0.15) is 18.4 Å². The Balaban J connectivity index is 2.50. The highest BCUT2D eigenvalue weighted by atomic mass is 35.5. The van der Waals surface area contributed by atoms with Crippen molar-refractivity contribution in [3.63, 3.8) is 0 Å². The van der Waals surface area contributed by atoms with Crippen LogP contribution in [-0.4, -0.2) is 12.7 Å². The Kier molecular flexibility index (Phi) is 4.64. The number of hydrogen-bond acceptors (Lipinski definition) is 2. The molecule has 0 saturated heterocycles. The largest absolute Gasteiger partial charge is 0.389 e. The van der Waals surface area contributed by atoms with E-state index in [0.717, 1.165) is 0 Å². The van der Waals surface area contributed by atoms with Crippen molar-refractivity contribution < 1.29 is 13.2 Å². The molecule has 0 bridgehead atoms. The minimum Gasteiger partial charge on any atom is -0.384 e. The first-order chi connectivity index (χ1) is 7.92. The van der Waals surface area contributed by atoms with Gasteiger partial charge in [0.05, 0.1) is 11.3 Å². The molecule has 1 aromatic carbocycles. The van der Waals surface area contributed by atoms with Crippen LogP contribution in [0.4, 0.5) is 18.9 Å². The van der Waals surface area contributed by atoms with E-state index in [1.165, 1.54) is 6.07 Å². The van der Waals surface area contributed by atoms with Crippen molar-refractivity contribution in [1.82, 2.24) is 0 Å². The Bertz CT molecular complexity index is 424. The maximum absolute atomic E-state index is 11.9. The van der Waals surface area contributed by atoms with Gasteiger partial charge in [-0.1, -0.05) is 11.6 Å². The van der Waals surface area contributed by atoms with Crippen LogP contribution in [0.2, 0.25) is 5.02 Å². The zero-order chi connectivity index (χ0) is 12.9. The summed E-state index contributed by atoms with van der Waals surface area (Å²) in [6, 6.07) is 6.55. The molecule has 0 heterocycles. The van der Waals surface area contributed by atoms with Gasteiger partial charge in [-0.3, -0.25) is 0 Å². The number of nitrogens with zero attached hydrogens (tertiary/aromatic N) is 1. The molecular weight excluding hydrogens is 253 g/mol. The number of benzene rings is 1. The number of anilines is 1. The average Bonchev–Trinajstić information content (AvgIpc) is 2.24. The smallest absolute Gasteiger partial charge is 0.384 e. The zero-order valence-electron chi connectivity index (χ0n) is 8.81. The van der Waals surface area contributed by atoms with Gasteiger partial charge >= 0.3 is 6.18 Å². The molecule has 6 heteroatoms. The van der Waals surface area contributed by atoms with E-state index in [-0.39, 0.29) is 13.0 Å². The van der Waals surface area contributed by atoms with Crippen LogP contribution in [0, 0.1) is 11.3 Å². The van der Waals surface area contributed by atoms with Gasteiger partial charge in [-0.25, -0.2) is 0 Å². The molecule has 0 aliphatic carbocycles. The van der Waals surface area contributed by atoms with E-state index in [4.69, 9.17) is 16.9 Å². The topological polar surface area (TPSA) is 35.8 Å². The summed E-state index contributed by atoms with van der Waals surface area (Å²) in [5, 5.41) is 12.0. The molecule has 0 aromatic heterocycles. The second-order valence-electron chi connectivity index (χ2n) is 3.45. The van der Waals surface area contributed by atoms with E-state index in [0.29, 0.717) is 16.3 Å². The fourth-order valence-electron chi connectivity index (χ4n) is 1.28. The molecule has 0 spiro atoms. The van der Waals surface area contributed by atoms with Gasteiger partial charge in [0.25, 0.3) is 0 Å². The van der Waals surface area contributed by atoms with Crippen molar-refractivity contribution in [1.29, 1.82) is 5.26 Å². The summed E-state index contributed by atoms with van der Waals surface area (Å²) in [6.07, 6.45) is -5.01. The SMILES string of the molecule is N#Cc1cc(Cl)ccc1NCCCC(F)(F)F. The maximum atomic E-state index is 11.9. The molecule has 0 aliphatic rings. The van der Waals surface area contributed by atoms with Crippen LogP contribution in [-0.2, 0) is 0 Å². The third-order valence-corrected chi connectivity index (χ3v) is 2.29. The maximum Gasteiger partial charge on any atom is 0.389 e. The van der Waals surface area contributed by atoms with Crippen molar-refractivity contribution in [2.45, 2.75) is 19.0 Å². The summed E-state index contributed by atoms with van der Waals surface area (Å²) in [6.45, 7) is 0.163. The average molecular weight is 263 g/mol. The first-order valence-corrected chi connectivity index (χ1v) is 5.30. The standard InChI is InChI=1S/C11H10ClF3N2/c12-9-2-3-10(8(6-9)7-16)17-5-1-4-11(13,14)15/h2-3,6,17H,1,4-5H2. The molecule has 1 rings (SSSR count). The van der Waals surface area contributed by atoms with Gasteiger partial charge in [0.15, 0.2) is 0 Å². The molecule has 0 aliphatic heterocycles. The summed E-state index contributed by atoms with van der Waals surface area (Å²) in [7, 11) is 0. The van der Waals surface area contributed by atoms with Gasteiger partial charge in [0.2, 0.25) is 0 Å². The van der Waals surface area contributed by atoms with E-state index in [1.807, 2.05) is 6.07 Å². The summed E-state index contributed by atoms with van der Waals surface area (Å²) >= 11 is 5.69. The lowest BCUT2D eigenvalue weighted by atomic mass is 10.2. The van der Waals surface area contributed by atoms with Gasteiger partial charge in [-0.05, 0) is 24.6 Å². The minimum atomic E-state index is -4.14. The van der Waals surface area contributed by atoms with Crippen LogP contribution in [0.3, 0.4) is 0 Å². The highest BCUT2D eigenvalue weighted by molar-refractivity contribution is 6.30. The summed E-state index contributed by atoms with van der Waals surface area (Å²) < 4.78 is 35.6. The lowest BCUT2D eigenvalue weighted by Gasteiger charge is -2.09. The second kappa shape index (κ2) is 5.78. The quantitative estimate of drug-likeness (QED) is 0.834. The summed E-state index contributed by atoms with van der Waals surface area (Å²) in [5.41, 5.74) is 0.823. The van der Waals surface area contributed by atoms with E-state index in [2.05, 4.69) is 5.32 Å². The van der Waals surface area contributed by atoms with Gasteiger partial charge in [0.1, 0.15) is 6.07 Å². The Hall–Kier alpha value is -1.41. The molecule has 92 valence electrons. The minimum absolute atomic E-state index is 0.0308. The number of nitrogens with one attached hydrogen (secondary N) is 1. The van der Waals surface area contributed by atoms with Gasteiger partial charge in [-0.2, -0.15) is 18.4 Å². The predicted octanol–water partition coefficient (Wildman–Crippen LogP) is 3.97. The molecule has 0 radical (unpaired) electrons. The molecule has 1 N–H and O–H groups in total. The third kappa shape index (κ3) is 4.96. The van der Waals surface area contributed by atoms with E-state index in [9.17, 15) is 13.2 Å². The van der Waals surface area contributed by atoms with Gasteiger partial charge < -0.3 is 5.32 Å². The fourth-order valence-corrected chi connectivity index (χ4v) is 1.45. The van der Waals surface area contributed by atoms with E-state index >= 15 is 0 Å². The van der Waals surface area contributed by atoms with Crippen LogP contribution >= 0.6 is 11.6 Å². The molecular formula is C11H10ClF3N2. The summed E-state index contributed by atoms with van der Waals surface area (Å²) in [4.78, 5) is 0. The van der Waals surface area contributed by atoms with Crippen molar-refractivity contribution in [3.8, 4) is 6.07 Å². The molecule has 0 fully saturated rings. The monoisotopic (exact) mass is 262 g/mol.